The summed E-state index contributed by atoms with van der Waals surface area (Å²) < 4.78 is 5.44. The third-order valence-electron chi connectivity index (χ3n) is 2.76. The molecule has 78 valence electrons. The molecule has 0 aromatic carbocycles. The lowest BCUT2D eigenvalue weighted by molar-refractivity contribution is 0.216. The van der Waals surface area contributed by atoms with Gasteiger partial charge in [-0.3, -0.25) is 0 Å². The van der Waals surface area contributed by atoms with Gasteiger partial charge in [0.05, 0.1) is 6.61 Å². The normalized spacial score (nSPS) is 15.4. The van der Waals surface area contributed by atoms with E-state index in [1.807, 2.05) is 6.07 Å². The Kier molecular flexibility index (Phi) is 3.13. The van der Waals surface area contributed by atoms with Gasteiger partial charge in [0.25, 0.3) is 5.88 Å². The highest BCUT2D eigenvalue weighted by atomic mass is 16.5. The summed E-state index contributed by atoms with van der Waals surface area (Å²) in [5.74, 6) is 1.17. The smallest absolute Gasteiger partial charge is 0.251 e. The van der Waals surface area contributed by atoms with Crippen molar-refractivity contribution in [2.24, 2.45) is 5.92 Å². The second-order valence-electron chi connectivity index (χ2n) is 3.76. The van der Waals surface area contributed by atoms with Crippen molar-refractivity contribution in [2.45, 2.75) is 25.7 Å². The average molecular weight is 203 g/mol. The highest BCUT2D eigenvalue weighted by Gasteiger charge is 2.17. The lowest BCUT2D eigenvalue weighted by Gasteiger charge is -2.24. The monoisotopic (exact) mass is 203 g/mol. The minimum absolute atomic E-state index is 0.270. The van der Waals surface area contributed by atoms with Gasteiger partial charge in [-0.25, -0.2) is 9.97 Å². The van der Waals surface area contributed by atoms with Crippen LogP contribution >= 0.6 is 0 Å². The average Bonchev–Trinajstić information content (AvgIpc) is 2.22. The van der Waals surface area contributed by atoms with Gasteiger partial charge < -0.3 is 4.74 Å². The predicted octanol–water partition coefficient (Wildman–Crippen LogP) is 1.92. The summed E-state index contributed by atoms with van der Waals surface area (Å²) in [5, 5.41) is 8.75. The third kappa shape index (κ3) is 2.44. The molecule has 1 heterocycles. The molecule has 1 aliphatic rings. The Morgan fingerprint density at radius 2 is 2.20 bits per heavy atom. The maximum atomic E-state index is 8.75. The summed E-state index contributed by atoms with van der Waals surface area (Å²) in [7, 11) is 0. The molecule has 1 aromatic rings. The van der Waals surface area contributed by atoms with Crippen molar-refractivity contribution < 1.29 is 4.74 Å². The van der Waals surface area contributed by atoms with Crippen LogP contribution < -0.4 is 4.74 Å². The topological polar surface area (TPSA) is 58.8 Å². The van der Waals surface area contributed by atoms with Gasteiger partial charge >= 0.3 is 0 Å². The Hall–Kier alpha value is -1.63. The molecule has 0 spiro atoms. The van der Waals surface area contributed by atoms with Crippen LogP contribution in [-0.2, 0) is 0 Å². The zero-order chi connectivity index (χ0) is 10.5. The van der Waals surface area contributed by atoms with E-state index < -0.39 is 0 Å². The minimum atomic E-state index is 0.270. The van der Waals surface area contributed by atoms with Gasteiger partial charge in [0.2, 0.25) is 5.69 Å². The molecule has 15 heavy (non-hydrogen) atoms. The van der Waals surface area contributed by atoms with Gasteiger partial charge in [-0.2, -0.15) is 5.26 Å². The zero-order valence-corrected chi connectivity index (χ0v) is 8.52. The molecule has 1 fully saturated rings. The summed E-state index contributed by atoms with van der Waals surface area (Å²) in [4.78, 5) is 7.86. The number of ether oxygens (including phenoxy) is 1. The lowest BCUT2D eigenvalue weighted by Crippen LogP contribution is -2.15. The van der Waals surface area contributed by atoms with Crippen molar-refractivity contribution in [1.82, 2.24) is 9.97 Å². The molecule has 0 unspecified atom stereocenters. The molecule has 0 aliphatic heterocycles. The molecule has 0 atom stereocenters. The van der Waals surface area contributed by atoms with Crippen molar-refractivity contribution in [3.63, 3.8) is 0 Å². The molecule has 0 bridgehead atoms. The van der Waals surface area contributed by atoms with E-state index in [4.69, 9.17) is 10.00 Å². The van der Waals surface area contributed by atoms with Crippen LogP contribution in [0.15, 0.2) is 12.4 Å². The maximum absolute atomic E-state index is 8.75. The Labute approximate surface area is 88.9 Å². The first-order valence-corrected chi connectivity index (χ1v) is 5.24. The van der Waals surface area contributed by atoms with E-state index in [1.165, 1.54) is 25.5 Å². The minimum Gasteiger partial charge on any atom is -0.476 e. The summed E-state index contributed by atoms with van der Waals surface area (Å²) in [5.41, 5.74) is 0.270. The van der Waals surface area contributed by atoms with Gasteiger partial charge in [-0.15, -0.1) is 0 Å². The Bertz CT molecular complexity index is 368. The number of hydrogen-bond donors (Lipinski definition) is 0. The molecule has 0 N–H and O–H groups in total. The molecule has 0 radical (unpaired) electrons. The fourth-order valence-corrected chi connectivity index (χ4v) is 1.61. The molecule has 4 nitrogen and oxygen atoms in total. The molecular formula is C11H13N3O. The van der Waals surface area contributed by atoms with Crippen LogP contribution in [0.4, 0.5) is 0 Å². The zero-order valence-electron chi connectivity index (χ0n) is 8.52. The van der Waals surface area contributed by atoms with Crippen LogP contribution in [0.1, 0.15) is 31.4 Å². The quantitative estimate of drug-likeness (QED) is 0.750. The van der Waals surface area contributed by atoms with E-state index in [2.05, 4.69) is 9.97 Å². The largest absolute Gasteiger partial charge is 0.476 e. The van der Waals surface area contributed by atoms with Crippen molar-refractivity contribution in [3.05, 3.63) is 18.1 Å². The highest BCUT2D eigenvalue weighted by molar-refractivity contribution is 5.29. The molecule has 1 saturated carbocycles. The summed E-state index contributed by atoms with van der Waals surface area (Å²) >= 11 is 0. The van der Waals surface area contributed by atoms with Crippen molar-refractivity contribution in [1.29, 1.82) is 5.26 Å². The van der Waals surface area contributed by atoms with E-state index in [0.717, 1.165) is 12.3 Å². The fourth-order valence-electron chi connectivity index (χ4n) is 1.61. The first-order valence-electron chi connectivity index (χ1n) is 5.24. The first-order chi connectivity index (χ1) is 7.40. The highest BCUT2D eigenvalue weighted by Crippen LogP contribution is 2.29. The molecule has 1 aromatic heterocycles. The Balaban J connectivity index is 1.84. The number of aromatic nitrogens is 2. The van der Waals surface area contributed by atoms with Gasteiger partial charge in [-0.05, 0) is 12.3 Å². The summed E-state index contributed by atoms with van der Waals surface area (Å²) in [6, 6.07) is 1.96. The van der Waals surface area contributed by atoms with Crippen LogP contribution in [0.25, 0.3) is 0 Å². The van der Waals surface area contributed by atoms with E-state index >= 15 is 0 Å². The van der Waals surface area contributed by atoms with E-state index in [0.29, 0.717) is 12.5 Å². The predicted molar refractivity (Wildman–Crippen MR) is 54.2 cm³/mol. The second-order valence-corrected chi connectivity index (χ2v) is 3.76. The van der Waals surface area contributed by atoms with Crippen LogP contribution in [0.2, 0.25) is 0 Å². The van der Waals surface area contributed by atoms with E-state index in [9.17, 15) is 0 Å². The van der Waals surface area contributed by atoms with Gasteiger partial charge in [0.15, 0.2) is 0 Å². The van der Waals surface area contributed by atoms with Crippen LogP contribution in [0.5, 0.6) is 5.88 Å². The molecule has 1 aliphatic carbocycles. The SMILES string of the molecule is N#Cc1nccnc1OCCC1CCC1. The standard InChI is InChI=1S/C11H13N3O/c12-8-10-11(14-6-5-13-10)15-7-4-9-2-1-3-9/h5-6,9H,1-4,7H2. The number of rotatable bonds is 4. The summed E-state index contributed by atoms with van der Waals surface area (Å²) in [6.07, 6.45) is 8.07. The van der Waals surface area contributed by atoms with Gasteiger partial charge in [-0.1, -0.05) is 19.3 Å². The molecular weight excluding hydrogens is 190 g/mol. The fraction of sp³-hybridized carbons (Fsp3) is 0.545. The van der Waals surface area contributed by atoms with Gasteiger partial charge in [0, 0.05) is 12.4 Å². The van der Waals surface area contributed by atoms with Gasteiger partial charge in [0.1, 0.15) is 6.07 Å². The second kappa shape index (κ2) is 4.74. The molecule has 4 heteroatoms. The number of nitriles is 1. The lowest BCUT2D eigenvalue weighted by atomic mass is 9.83. The van der Waals surface area contributed by atoms with Crippen LogP contribution in [-0.4, -0.2) is 16.6 Å². The maximum Gasteiger partial charge on any atom is 0.251 e. The van der Waals surface area contributed by atoms with E-state index in [-0.39, 0.29) is 5.69 Å². The van der Waals surface area contributed by atoms with Crippen molar-refractivity contribution in [3.8, 4) is 11.9 Å². The number of nitrogens with zero attached hydrogens (tertiary/aromatic N) is 3. The molecule has 2 rings (SSSR count). The third-order valence-corrected chi connectivity index (χ3v) is 2.76. The van der Waals surface area contributed by atoms with Crippen molar-refractivity contribution >= 4 is 0 Å². The Morgan fingerprint density at radius 3 is 2.87 bits per heavy atom. The summed E-state index contributed by atoms with van der Waals surface area (Å²) in [6.45, 7) is 0.637. The van der Waals surface area contributed by atoms with Crippen molar-refractivity contribution in [2.75, 3.05) is 6.61 Å². The molecule has 0 saturated heterocycles. The molecule has 0 amide bonds. The number of hydrogen-bond acceptors (Lipinski definition) is 4. The van der Waals surface area contributed by atoms with E-state index in [1.54, 1.807) is 6.20 Å². The Morgan fingerprint density at radius 1 is 1.40 bits per heavy atom. The van der Waals surface area contributed by atoms with Crippen LogP contribution in [0, 0.1) is 17.2 Å². The van der Waals surface area contributed by atoms with Crippen LogP contribution in [0.3, 0.4) is 0 Å². The first kappa shape index (κ1) is 9.91.